The minimum Gasteiger partial charge on any atom is -0.354 e. The van der Waals surface area contributed by atoms with Crippen LogP contribution < -0.4 is 9.62 Å². The summed E-state index contributed by atoms with van der Waals surface area (Å²) in [7, 11) is -3.75. The summed E-state index contributed by atoms with van der Waals surface area (Å²) in [6.07, 6.45) is 1.50. The van der Waals surface area contributed by atoms with E-state index in [0.717, 1.165) is 27.3 Å². The minimum atomic E-state index is -3.75. The van der Waals surface area contributed by atoms with Gasteiger partial charge in [0.1, 0.15) is 12.6 Å². The van der Waals surface area contributed by atoms with Gasteiger partial charge in [-0.3, -0.25) is 13.9 Å². The summed E-state index contributed by atoms with van der Waals surface area (Å²) in [5, 5.41) is 2.94. The Morgan fingerprint density at radius 3 is 2.08 bits per heavy atom. The number of rotatable bonds is 12. The lowest BCUT2D eigenvalue weighted by molar-refractivity contribution is -0.140. The van der Waals surface area contributed by atoms with Crippen LogP contribution in [0, 0.1) is 12.8 Å². The molecule has 0 heterocycles. The fourth-order valence-corrected chi connectivity index (χ4v) is 4.80. The van der Waals surface area contributed by atoms with Gasteiger partial charge >= 0.3 is 0 Å². The van der Waals surface area contributed by atoms with Crippen LogP contribution in [0.2, 0.25) is 0 Å². The number of nitrogens with zero attached hydrogens (tertiary/aromatic N) is 2. The van der Waals surface area contributed by atoms with Gasteiger partial charge in [-0.25, -0.2) is 8.42 Å². The molecular formula is C28H41N3O4S. The molecule has 0 aromatic heterocycles. The molecule has 2 amide bonds. The number of carbonyl (C=O) groups is 2. The van der Waals surface area contributed by atoms with E-state index in [-0.39, 0.29) is 24.9 Å². The Balaban J connectivity index is 2.43. The summed E-state index contributed by atoms with van der Waals surface area (Å²) < 4.78 is 26.6. The molecule has 0 aliphatic heterocycles. The summed E-state index contributed by atoms with van der Waals surface area (Å²) in [4.78, 5) is 28.4. The maximum absolute atomic E-state index is 13.7. The van der Waals surface area contributed by atoms with E-state index in [1.54, 1.807) is 12.1 Å². The average Bonchev–Trinajstić information content (AvgIpc) is 2.81. The van der Waals surface area contributed by atoms with Gasteiger partial charge in [-0.2, -0.15) is 0 Å². The molecule has 0 aliphatic rings. The predicted molar refractivity (Wildman–Crippen MR) is 146 cm³/mol. The third kappa shape index (κ3) is 8.08. The SMILES string of the molecule is CCC(C(=O)NCC(C)C)N(Cc1ccccc1C)C(=O)CN(c1ccc(C(C)C)cc1)S(C)(=O)=O. The smallest absolute Gasteiger partial charge is 0.244 e. The number of hydrogen-bond donors (Lipinski definition) is 1. The lowest BCUT2D eigenvalue weighted by Gasteiger charge is -2.33. The van der Waals surface area contributed by atoms with Crippen LogP contribution in [-0.2, 0) is 26.2 Å². The van der Waals surface area contributed by atoms with Gasteiger partial charge in [0.2, 0.25) is 21.8 Å². The van der Waals surface area contributed by atoms with Gasteiger partial charge in [0.15, 0.2) is 0 Å². The van der Waals surface area contributed by atoms with E-state index in [9.17, 15) is 18.0 Å². The van der Waals surface area contributed by atoms with E-state index < -0.39 is 22.0 Å². The fraction of sp³-hybridized carbons (Fsp3) is 0.500. The second kappa shape index (κ2) is 12.9. The molecule has 0 spiro atoms. The van der Waals surface area contributed by atoms with Gasteiger partial charge in [-0.05, 0) is 54.0 Å². The normalized spacial score (nSPS) is 12.5. The fourth-order valence-electron chi connectivity index (χ4n) is 3.95. The van der Waals surface area contributed by atoms with Crippen molar-refractivity contribution in [3.8, 4) is 0 Å². The third-order valence-corrected chi connectivity index (χ3v) is 7.34. The highest BCUT2D eigenvalue weighted by molar-refractivity contribution is 7.92. The maximum atomic E-state index is 13.7. The molecule has 0 radical (unpaired) electrons. The molecule has 7 nitrogen and oxygen atoms in total. The molecular weight excluding hydrogens is 474 g/mol. The van der Waals surface area contributed by atoms with Crippen molar-refractivity contribution in [1.29, 1.82) is 0 Å². The largest absolute Gasteiger partial charge is 0.354 e. The quantitative estimate of drug-likeness (QED) is 0.452. The topological polar surface area (TPSA) is 86.8 Å². The Hall–Kier alpha value is -2.87. The summed E-state index contributed by atoms with van der Waals surface area (Å²) >= 11 is 0. The third-order valence-electron chi connectivity index (χ3n) is 6.20. The van der Waals surface area contributed by atoms with Crippen LogP contribution in [0.1, 0.15) is 63.6 Å². The zero-order chi connectivity index (χ0) is 27.0. The van der Waals surface area contributed by atoms with Crippen LogP contribution in [0.3, 0.4) is 0 Å². The van der Waals surface area contributed by atoms with Crippen molar-refractivity contribution in [2.75, 3.05) is 23.7 Å². The first-order chi connectivity index (χ1) is 16.8. The van der Waals surface area contributed by atoms with Crippen molar-refractivity contribution >= 4 is 27.5 Å². The molecule has 198 valence electrons. The first-order valence-electron chi connectivity index (χ1n) is 12.5. The lowest BCUT2D eigenvalue weighted by atomic mass is 10.0. The second-order valence-electron chi connectivity index (χ2n) is 10.0. The summed E-state index contributed by atoms with van der Waals surface area (Å²) in [6.45, 7) is 12.3. The number of carbonyl (C=O) groups excluding carboxylic acids is 2. The van der Waals surface area contributed by atoms with E-state index in [1.807, 2.05) is 64.1 Å². The molecule has 0 fully saturated rings. The molecule has 8 heteroatoms. The minimum absolute atomic E-state index is 0.211. The van der Waals surface area contributed by atoms with Crippen molar-refractivity contribution in [2.45, 2.75) is 66.5 Å². The van der Waals surface area contributed by atoms with E-state index >= 15 is 0 Å². The van der Waals surface area contributed by atoms with E-state index in [2.05, 4.69) is 19.2 Å². The Morgan fingerprint density at radius 2 is 1.58 bits per heavy atom. The Bertz CT molecular complexity index is 1130. The Morgan fingerprint density at radius 1 is 0.972 bits per heavy atom. The number of anilines is 1. The van der Waals surface area contributed by atoms with Gasteiger partial charge in [0.25, 0.3) is 0 Å². The number of benzene rings is 2. The maximum Gasteiger partial charge on any atom is 0.244 e. The zero-order valence-corrected chi connectivity index (χ0v) is 23.4. The molecule has 1 unspecified atom stereocenters. The standard InChI is InChI=1S/C28H41N3O4S/c1-8-26(28(33)29-17-20(2)3)30(18-24-12-10-9-11-22(24)6)27(32)19-31(36(7,34)35)25-15-13-23(14-16-25)21(4)5/h9-16,20-21,26H,8,17-19H2,1-7H3,(H,29,33). The van der Waals surface area contributed by atoms with Crippen molar-refractivity contribution in [3.05, 3.63) is 65.2 Å². The number of nitrogens with one attached hydrogen (secondary N) is 1. The van der Waals surface area contributed by atoms with E-state index in [4.69, 9.17) is 0 Å². The molecule has 0 bridgehead atoms. The highest BCUT2D eigenvalue weighted by atomic mass is 32.2. The first kappa shape index (κ1) is 29.4. The molecule has 0 saturated carbocycles. The van der Waals surface area contributed by atoms with Crippen LogP contribution >= 0.6 is 0 Å². The number of sulfonamides is 1. The molecule has 2 rings (SSSR count). The van der Waals surface area contributed by atoms with Gasteiger partial charge in [0, 0.05) is 13.1 Å². The predicted octanol–water partition coefficient (Wildman–Crippen LogP) is 4.46. The molecule has 36 heavy (non-hydrogen) atoms. The van der Waals surface area contributed by atoms with Crippen LogP contribution in [0.4, 0.5) is 5.69 Å². The highest BCUT2D eigenvalue weighted by Crippen LogP contribution is 2.23. The van der Waals surface area contributed by atoms with Crippen molar-refractivity contribution in [3.63, 3.8) is 0 Å². The van der Waals surface area contributed by atoms with Gasteiger partial charge < -0.3 is 10.2 Å². The van der Waals surface area contributed by atoms with E-state index in [0.29, 0.717) is 24.6 Å². The summed E-state index contributed by atoms with van der Waals surface area (Å²) in [5.41, 5.74) is 3.40. The average molecular weight is 516 g/mol. The van der Waals surface area contributed by atoms with Gasteiger partial charge in [-0.15, -0.1) is 0 Å². The van der Waals surface area contributed by atoms with Crippen molar-refractivity contribution in [2.24, 2.45) is 5.92 Å². The highest BCUT2D eigenvalue weighted by Gasteiger charge is 2.32. The Labute approximate surface area is 216 Å². The monoisotopic (exact) mass is 515 g/mol. The second-order valence-corrected chi connectivity index (χ2v) is 11.9. The molecule has 1 N–H and O–H groups in total. The first-order valence-corrected chi connectivity index (χ1v) is 14.4. The van der Waals surface area contributed by atoms with Crippen LogP contribution in [0.15, 0.2) is 48.5 Å². The van der Waals surface area contributed by atoms with Gasteiger partial charge in [-0.1, -0.05) is 71.0 Å². The van der Waals surface area contributed by atoms with E-state index in [1.165, 1.54) is 4.90 Å². The molecule has 2 aromatic carbocycles. The molecule has 2 aromatic rings. The van der Waals surface area contributed by atoms with Crippen molar-refractivity contribution < 1.29 is 18.0 Å². The summed E-state index contributed by atoms with van der Waals surface area (Å²) in [6, 6.07) is 14.2. The molecule has 0 aliphatic carbocycles. The number of hydrogen-bond acceptors (Lipinski definition) is 4. The van der Waals surface area contributed by atoms with Crippen LogP contribution in [0.5, 0.6) is 0 Å². The van der Waals surface area contributed by atoms with Gasteiger partial charge in [0.05, 0.1) is 11.9 Å². The van der Waals surface area contributed by atoms with Crippen LogP contribution in [-0.4, -0.2) is 50.5 Å². The Kier molecular flexibility index (Phi) is 10.5. The van der Waals surface area contributed by atoms with Crippen LogP contribution in [0.25, 0.3) is 0 Å². The molecule has 0 saturated heterocycles. The number of aryl methyl sites for hydroxylation is 1. The molecule has 1 atom stereocenters. The summed E-state index contributed by atoms with van der Waals surface area (Å²) in [5.74, 6) is -0.100. The number of amides is 2. The van der Waals surface area contributed by atoms with Crippen molar-refractivity contribution in [1.82, 2.24) is 10.2 Å². The zero-order valence-electron chi connectivity index (χ0n) is 22.6. The lowest BCUT2D eigenvalue weighted by Crippen LogP contribution is -2.52.